The summed E-state index contributed by atoms with van der Waals surface area (Å²) in [5.41, 5.74) is 4.48. The Morgan fingerprint density at radius 3 is 1.26 bits per heavy atom. The zero-order chi connectivity index (χ0) is 29.4. The van der Waals surface area contributed by atoms with Gasteiger partial charge in [-0.15, -0.1) is 0 Å². The molecule has 7 rings (SSSR count). The average molecular weight is 561 g/mol. The molecule has 0 amide bonds. The zero-order valence-electron chi connectivity index (χ0n) is 21.4. The van der Waals surface area contributed by atoms with E-state index in [1.54, 1.807) is 24.3 Å². The molecular weight excluding hydrogens is 540 g/mol. The molecule has 2 heterocycles. The smallest absolute Gasteiger partial charge is 0.335 e. The predicted octanol–water partition coefficient (Wildman–Crippen LogP) is 6.51. The highest BCUT2D eigenvalue weighted by Gasteiger charge is 2.25. The van der Waals surface area contributed by atoms with Gasteiger partial charge in [0.15, 0.2) is 23.0 Å². The summed E-state index contributed by atoms with van der Waals surface area (Å²) in [6.45, 7) is 0. The average Bonchev–Trinajstić information content (AvgIpc) is 3.52. The summed E-state index contributed by atoms with van der Waals surface area (Å²) in [6.07, 6.45) is 0. The summed E-state index contributed by atoms with van der Waals surface area (Å²) < 4.78 is 0. The van der Waals surface area contributed by atoms with Gasteiger partial charge in [0.25, 0.3) is 0 Å². The molecule has 10 nitrogen and oxygen atoms in total. The summed E-state index contributed by atoms with van der Waals surface area (Å²) in [5.74, 6) is -3.61. The number of aromatic nitrogens is 2. The van der Waals surface area contributed by atoms with Crippen LogP contribution in [-0.4, -0.2) is 52.5 Å². The van der Waals surface area contributed by atoms with Crippen LogP contribution < -0.4 is 0 Å². The molecule has 0 radical (unpaired) electrons. The van der Waals surface area contributed by atoms with Crippen molar-refractivity contribution in [2.24, 2.45) is 0 Å². The van der Waals surface area contributed by atoms with E-state index in [1.165, 1.54) is 48.5 Å². The van der Waals surface area contributed by atoms with Crippen LogP contribution in [-0.2, 0) is 0 Å². The van der Waals surface area contributed by atoms with Crippen LogP contribution in [0.4, 0.5) is 0 Å². The van der Waals surface area contributed by atoms with E-state index in [0.29, 0.717) is 65.9 Å². The molecule has 0 aliphatic rings. The second-order valence-corrected chi connectivity index (χ2v) is 10.0. The van der Waals surface area contributed by atoms with E-state index in [-0.39, 0.29) is 34.1 Å². The van der Waals surface area contributed by atoms with Crippen LogP contribution in [0.5, 0.6) is 23.0 Å². The summed E-state index contributed by atoms with van der Waals surface area (Å²) in [4.78, 5) is 30.6. The molecule has 0 fully saturated rings. The molecule has 42 heavy (non-hydrogen) atoms. The Morgan fingerprint density at radius 1 is 0.500 bits per heavy atom. The number of rotatable bonds is 4. The van der Waals surface area contributed by atoms with Crippen molar-refractivity contribution in [3.05, 3.63) is 83.9 Å². The van der Waals surface area contributed by atoms with Gasteiger partial charge in [-0.2, -0.15) is 0 Å². The van der Waals surface area contributed by atoms with Crippen LogP contribution in [0.15, 0.2) is 72.8 Å². The number of hydrogen-bond donors (Lipinski definition) is 8. The van der Waals surface area contributed by atoms with E-state index in [1.807, 2.05) is 0 Å². The zero-order valence-corrected chi connectivity index (χ0v) is 21.4. The maximum absolute atomic E-state index is 11.9. The number of nitrogens with one attached hydrogen (secondary N) is 2. The molecule has 206 valence electrons. The molecule has 0 aliphatic carbocycles. The van der Waals surface area contributed by atoms with Gasteiger partial charge in [0.05, 0.1) is 22.2 Å². The van der Waals surface area contributed by atoms with E-state index < -0.39 is 11.9 Å². The van der Waals surface area contributed by atoms with Gasteiger partial charge in [0.2, 0.25) is 0 Å². The molecule has 0 saturated carbocycles. The van der Waals surface area contributed by atoms with Crippen molar-refractivity contribution in [3.8, 4) is 45.3 Å². The van der Waals surface area contributed by atoms with E-state index in [0.717, 1.165) is 0 Å². The number of phenolic OH excluding ortho intramolecular Hbond substituents is 4. The fourth-order valence-electron chi connectivity index (χ4n) is 5.73. The number of aromatic carboxylic acids is 2. The Balaban J connectivity index is 1.79. The third-order valence-corrected chi connectivity index (χ3v) is 7.62. The number of H-pyrrole nitrogens is 2. The second-order valence-electron chi connectivity index (χ2n) is 10.0. The SMILES string of the molecule is O=C(O)c1ccc2[nH]c3c(-c4ccc(O)c(O)c4)c4c([nH]c5ccc(C(=O)O)cc54)c(-c4ccc(O)c(O)c4)c3c2c1. The van der Waals surface area contributed by atoms with Crippen LogP contribution in [0.25, 0.3) is 65.9 Å². The number of carboxylic acid groups (broad SMARTS) is 2. The first kappa shape index (κ1) is 24.9. The Kier molecular flexibility index (Phi) is 5.13. The Labute approximate surface area is 235 Å². The summed E-state index contributed by atoms with van der Waals surface area (Å²) >= 11 is 0. The van der Waals surface area contributed by atoms with Crippen molar-refractivity contribution in [1.82, 2.24) is 9.97 Å². The van der Waals surface area contributed by atoms with Crippen LogP contribution in [0, 0.1) is 0 Å². The third kappa shape index (κ3) is 3.52. The van der Waals surface area contributed by atoms with Crippen LogP contribution in [0.3, 0.4) is 0 Å². The van der Waals surface area contributed by atoms with Crippen LogP contribution in [0.2, 0.25) is 0 Å². The number of carbonyl (C=O) groups is 2. The molecule has 0 unspecified atom stereocenters. The van der Waals surface area contributed by atoms with Crippen molar-refractivity contribution < 1.29 is 40.2 Å². The van der Waals surface area contributed by atoms with E-state index in [4.69, 9.17) is 0 Å². The molecule has 0 atom stereocenters. The van der Waals surface area contributed by atoms with E-state index in [2.05, 4.69) is 9.97 Å². The first-order chi connectivity index (χ1) is 20.1. The maximum Gasteiger partial charge on any atom is 0.335 e. The van der Waals surface area contributed by atoms with Crippen LogP contribution >= 0.6 is 0 Å². The lowest BCUT2D eigenvalue weighted by Gasteiger charge is -2.14. The highest BCUT2D eigenvalue weighted by molar-refractivity contribution is 6.32. The molecular formula is C32H20N2O8. The van der Waals surface area contributed by atoms with Gasteiger partial charge < -0.3 is 40.6 Å². The Hall–Kier alpha value is -6.16. The number of hydrogen-bond acceptors (Lipinski definition) is 6. The molecule has 5 aromatic carbocycles. The minimum absolute atomic E-state index is 0.0505. The monoisotopic (exact) mass is 560 g/mol. The van der Waals surface area contributed by atoms with Gasteiger partial charge in [-0.1, -0.05) is 12.1 Å². The number of phenols is 4. The van der Waals surface area contributed by atoms with Crippen molar-refractivity contribution in [1.29, 1.82) is 0 Å². The van der Waals surface area contributed by atoms with Gasteiger partial charge >= 0.3 is 11.9 Å². The van der Waals surface area contributed by atoms with Crippen LogP contribution in [0.1, 0.15) is 20.7 Å². The van der Waals surface area contributed by atoms with Gasteiger partial charge in [-0.3, -0.25) is 0 Å². The van der Waals surface area contributed by atoms with Crippen molar-refractivity contribution in [2.75, 3.05) is 0 Å². The van der Waals surface area contributed by atoms with Gasteiger partial charge in [-0.25, -0.2) is 9.59 Å². The van der Waals surface area contributed by atoms with Crippen molar-refractivity contribution >= 4 is 55.6 Å². The number of aromatic hydroxyl groups is 4. The predicted molar refractivity (Wildman–Crippen MR) is 157 cm³/mol. The molecule has 7 aromatic rings. The molecule has 0 aliphatic heterocycles. The standard InChI is InChI=1S/C32H20N2O8/c35-21-7-3-13(11-23(21)37)25-27-17-9-15(31(39)40)1-5-19(17)33-29(27)26(14-4-8-22(36)24(38)12-14)28-18-10-16(32(41)42)2-6-20(18)34-30(25)28/h1-12,33-38H,(H,39,40)(H,41,42). The first-order valence-electron chi connectivity index (χ1n) is 12.7. The lowest BCUT2D eigenvalue weighted by molar-refractivity contribution is 0.0686. The van der Waals surface area contributed by atoms with Gasteiger partial charge in [0.1, 0.15) is 0 Å². The maximum atomic E-state index is 11.9. The number of benzene rings is 5. The van der Waals surface area contributed by atoms with Gasteiger partial charge in [0, 0.05) is 43.7 Å². The summed E-state index contributed by atoms with van der Waals surface area (Å²) in [7, 11) is 0. The fraction of sp³-hybridized carbons (Fsp3) is 0. The highest BCUT2D eigenvalue weighted by Crippen LogP contribution is 2.50. The first-order valence-corrected chi connectivity index (χ1v) is 12.7. The van der Waals surface area contributed by atoms with Crippen molar-refractivity contribution in [3.63, 3.8) is 0 Å². The Morgan fingerprint density at radius 2 is 0.905 bits per heavy atom. The quantitative estimate of drug-likeness (QED) is 0.112. The molecule has 0 bridgehead atoms. The largest absolute Gasteiger partial charge is 0.504 e. The lowest BCUT2D eigenvalue weighted by Crippen LogP contribution is -1.95. The molecule has 0 spiro atoms. The molecule has 8 N–H and O–H groups in total. The topological polar surface area (TPSA) is 187 Å². The number of fused-ring (bicyclic) bond motifs is 6. The highest BCUT2D eigenvalue weighted by atomic mass is 16.4. The summed E-state index contributed by atoms with van der Waals surface area (Å²) in [5, 5.41) is 62.8. The van der Waals surface area contributed by atoms with Crippen molar-refractivity contribution in [2.45, 2.75) is 0 Å². The summed E-state index contributed by atoms with van der Waals surface area (Å²) in [6, 6.07) is 18.0. The second kappa shape index (κ2) is 8.67. The minimum Gasteiger partial charge on any atom is -0.504 e. The molecule has 10 heteroatoms. The molecule has 2 aromatic heterocycles. The Bertz CT molecular complexity index is 2150. The molecule has 0 saturated heterocycles. The number of aromatic amines is 2. The van der Waals surface area contributed by atoms with E-state index >= 15 is 0 Å². The van der Waals surface area contributed by atoms with Gasteiger partial charge in [-0.05, 0) is 71.8 Å². The van der Waals surface area contributed by atoms with E-state index in [9.17, 15) is 40.2 Å². The minimum atomic E-state index is -1.12. The normalized spacial score (nSPS) is 11.6. The number of carboxylic acids is 2. The lowest BCUT2D eigenvalue weighted by atomic mass is 9.89. The fourth-order valence-corrected chi connectivity index (χ4v) is 5.73. The third-order valence-electron chi connectivity index (χ3n) is 7.62.